The van der Waals surface area contributed by atoms with Gasteiger partial charge < -0.3 is 4.74 Å². The van der Waals surface area contributed by atoms with Crippen molar-refractivity contribution in [3.8, 4) is 0 Å². The van der Waals surface area contributed by atoms with E-state index < -0.39 is 0 Å². The zero-order valence-corrected chi connectivity index (χ0v) is 8.44. The highest BCUT2D eigenvalue weighted by molar-refractivity contribution is 4.58. The van der Waals surface area contributed by atoms with E-state index in [1.807, 2.05) is 0 Å². The Bertz CT molecular complexity index is 81.4. The molecule has 0 saturated carbocycles. The average Bonchev–Trinajstić information content (AvgIpc) is 1.85. The predicted octanol–water partition coefficient (Wildman–Crippen LogP) is 3.24. The van der Waals surface area contributed by atoms with Crippen LogP contribution in [0.25, 0.3) is 0 Å². The average molecular weight is 158 g/mol. The van der Waals surface area contributed by atoms with Gasteiger partial charge in [0.2, 0.25) is 0 Å². The molecule has 1 nitrogen and oxygen atoms in total. The fourth-order valence-corrected chi connectivity index (χ4v) is 0.832. The lowest BCUT2D eigenvalue weighted by atomic mass is 9.99. The first kappa shape index (κ1) is 11.0. The molecular weight excluding hydrogens is 136 g/mol. The number of hydrogen-bond acceptors (Lipinski definition) is 1. The van der Waals surface area contributed by atoms with Crippen LogP contribution in [0.4, 0.5) is 0 Å². The molecule has 0 aliphatic rings. The minimum Gasteiger partial charge on any atom is -0.381 e. The fraction of sp³-hybridized carbons (Fsp3) is 1.00. The predicted molar refractivity (Wildman–Crippen MR) is 49.8 cm³/mol. The van der Waals surface area contributed by atoms with E-state index in [1.54, 1.807) is 0 Å². The van der Waals surface area contributed by atoms with E-state index in [0.717, 1.165) is 13.2 Å². The summed E-state index contributed by atoms with van der Waals surface area (Å²) in [6.45, 7) is 10.6. The van der Waals surface area contributed by atoms with Crippen molar-refractivity contribution in [3.05, 3.63) is 0 Å². The van der Waals surface area contributed by atoms with Gasteiger partial charge in [0.15, 0.2) is 0 Å². The summed E-state index contributed by atoms with van der Waals surface area (Å²) in [7, 11) is 0. The van der Waals surface area contributed by atoms with Gasteiger partial charge >= 0.3 is 0 Å². The summed E-state index contributed by atoms with van der Waals surface area (Å²) in [6.07, 6.45) is 3.79. The topological polar surface area (TPSA) is 9.23 Å². The summed E-state index contributed by atoms with van der Waals surface area (Å²) in [5.41, 5.74) is 0.326. The lowest BCUT2D eigenvalue weighted by Crippen LogP contribution is -2.14. The van der Waals surface area contributed by atoms with Crippen molar-refractivity contribution in [2.24, 2.45) is 5.41 Å². The second kappa shape index (κ2) is 5.59. The highest BCUT2D eigenvalue weighted by Crippen LogP contribution is 2.12. The van der Waals surface area contributed by atoms with Crippen LogP contribution in [0.1, 0.15) is 47.0 Å². The van der Waals surface area contributed by atoms with Gasteiger partial charge in [0.25, 0.3) is 0 Å². The van der Waals surface area contributed by atoms with Crippen LogP contribution in [-0.2, 0) is 4.74 Å². The standard InChI is InChI=1S/C10H22O/c1-5-6-7-8-11-9-10(2,3)4/h5-9H2,1-4H3. The molecule has 0 N–H and O–H groups in total. The first-order valence-electron chi connectivity index (χ1n) is 4.64. The Morgan fingerprint density at radius 1 is 1.09 bits per heavy atom. The van der Waals surface area contributed by atoms with Gasteiger partial charge in [-0.1, -0.05) is 40.5 Å². The minimum atomic E-state index is 0.326. The maximum absolute atomic E-state index is 5.50. The molecule has 0 unspecified atom stereocenters. The Labute approximate surface area is 71.1 Å². The molecule has 0 spiro atoms. The first-order chi connectivity index (χ1) is 5.06. The Kier molecular flexibility index (Phi) is 5.57. The molecule has 0 bridgehead atoms. The molecule has 0 aromatic rings. The molecule has 0 atom stereocenters. The second-order valence-electron chi connectivity index (χ2n) is 4.32. The van der Waals surface area contributed by atoms with Gasteiger partial charge in [-0.15, -0.1) is 0 Å². The van der Waals surface area contributed by atoms with E-state index in [0.29, 0.717) is 5.41 Å². The fourth-order valence-electron chi connectivity index (χ4n) is 0.832. The molecule has 0 saturated heterocycles. The van der Waals surface area contributed by atoms with Crippen LogP contribution in [0.15, 0.2) is 0 Å². The van der Waals surface area contributed by atoms with E-state index in [-0.39, 0.29) is 0 Å². The first-order valence-corrected chi connectivity index (χ1v) is 4.64. The lowest BCUT2D eigenvalue weighted by Gasteiger charge is -2.17. The summed E-state index contributed by atoms with van der Waals surface area (Å²) < 4.78 is 5.50. The van der Waals surface area contributed by atoms with Crippen molar-refractivity contribution in [1.82, 2.24) is 0 Å². The number of rotatable bonds is 5. The third-order valence-electron chi connectivity index (χ3n) is 1.43. The summed E-state index contributed by atoms with van der Waals surface area (Å²) >= 11 is 0. The summed E-state index contributed by atoms with van der Waals surface area (Å²) in [5.74, 6) is 0. The van der Waals surface area contributed by atoms with Gasteiger partial charge in [-0.2, -0.15) is 0 Å². The monoisotopic (exact) mass is 158 g/mol. The van der Waals surface area contributed by atoms with Crippen molar-refractivity contribution in [2.45, 2.75) is 47.0 Å². The smallest absolute Gasteiger partial charge is 0.0514 e. The molecule has 0 heterocycles. The highest BCUT2D eigenvalue weighted by Gasteiger charge is 2.08. The maximum Gasteiger partial charge on any atom is 0.0514 e. The van der Waals surface area contributed by atoms with Crippen molar-refractivity contribution < 1.29 is 4.74 Å². The second-order valence-corrected chi connectivity index (χ2v) is 4.32. The largest absolute Gasteiger partial charge is 0.381 e. The molecule has 1 heteroatoms. The molecule has 0 rings (SSSR count). The zero-order chi connectivity index (χ0) is 8.74. The normalized spacial score (nSPS) is 12.0. The maximum atomic E-state index is 5.50. The molecule has 68 valence electrons. The summed E-state index contributed by atoms with van der Waals surface area (Å²) in [5, 5.41) is 0. The zero-order valence-electron chi connectivity index (χ0n) is 8.44. The van der Waals surface area contributed by atoms with Crippen LogP contribution in [0.5, 0.6) is 0 Å². The van der Waals surface area contributed by atoms with Crippen LogP contribution >= 0.6 is 0 Å². The van der Waals surface area contributed by atoms with Gasteiger partial charge in [0.05, 0.1) is 6.61 Å². The van der Waals surface area contributed by atoms with Crippen LogP contribution in [0.3, 0.4) is 0 Å². The van der Waals surface area contributed by atoms with Crippen LogP contribution in [0, 0.1) is 5.41 Å². The third kappa shape index (κ3) is 9.96. The molecule has 0 aliphatic heterocycles. The number of ether oxygens (including phenoxy) is 1. The lowest BCUT2D eigenvalue weighted by molar-refractivity contribution is 0.0688. The quantitative estimate of drug-likeness (QED) is 0.558. The van der Waals surface area contributed by atoms with Crippen molar-refractivity contribution >= 4 is 0 Å². The molecule has 0 amide bonds. The van der Waals surface area contributed by atoms with Gasteiger partial charge in [-0.3, -0.25) is 0 Å². The Morgan fingerprint density at radius 2 is 1.73 bits per heavy atom. The van der Waals surface area contributed by atoms with Crippen LogP contribution in [-0.4, -0.2) is 13.2 Å². The molecule has 0 fully saturated rings. The molecule has 11 heavy (non-hydrogen) atoms. The van der Waals surface area contributed by atoms with E-state index >= 15 is 0 Å². The summed E-state index contributed by atoms with van der Waals surface area (Å²) in [4.78, 5) is 0. The molecule has 0 radical (unpaired) electrons. The number of unbranched alkanes of at least 4 members (excludes halogenated alkanes) is 2. The third-order valence-corrected chi connectivity index (χ3v) is 1.43. The Balaban J connectivity index is 3.02. The van der Waals surface area contributed by atoms with E-state index in [4.69, 9.17) is 4.74 Å². The van der Waals surface area contributed by atoms with Crippen LogP contribution < -0.4 is 0 Å². The van der Waals surface area contributed by atoms with Gasteiger partial charge in [0, 0.05) is 6.61 Å². The van der Waals surface area contributed by atoms with E-state index in [9.17, 15) is 0 Å². The Morgan fingerprint density at radius 3 is 2.18 bits per heavy atom. The van der Waals surface area contributed by atoms with E-state index in [1.165, 1.54) is 19.3 Å². The van der Waals surface area contributed by atoms with E-state index in [2.05, 4.69) is 27.7 Å². The molecular formula is C10H22O. The van der Waals surface area contributed by atoms with Crippen LogP contribution in [0.2, 0.25) is 0 Å². The van der Waals surface area contributed by atoms with Gasteiger partial charge in [-0.25, -0.2) is 0 Å². The molecule has 0 aromatic carbocycles. The molecule has 0 aromatic heterocycles. The SMILES string of the molecule is CCCCCOCC(C)(C)C. The highest BCUT2D eigenvalue weighted by atomic mass is 16.5. The van der Waals surface area contributed by atoms with Gasteiger partial charge in [0.1, 0.15) is 0 Å². The van der Waals surface area contributed by atoms with Crippen molar-refractivity contribution in [1.29, 1.82) is 0 Å². The Hall–Kier alpha value is -0.0400. The summed E-state index contributed by atoms with van der Waals surface area (Å²) in [6, 6.07) is 0. The van der Waals surface area contributed by atoms with Crippen molar-refractivity contribution in [3.63, 3.8) is 0 Å². The van der Waals surface area contributed by atoms with Gasteiger partial charge in [-0.05, 0) is 11.8 Å². The number of hydrogen-bond donors (Lipinski definition) is 0. The van der Waals surface area contributed by atoms with Crippen molar-refractivity contribution in [2.75, 3.05) is 13.2 Å². The minimum absolute atomic E-state index is 0.326. The molecule has 0 aliphatic carbocycles.